The largest absolute Gasteiger partial charge is 0.105 e. The van der Waals surface area contributed by atoms with Crippen molar-refractivity contribution in [1.82, 2.24) is 0 Å². The Hall–Kier alpha value is -1.91. The topological polar surface area (TPSA) is 0 Å². The van der Waals surface area contributed by atoms with Crippen LogP contribution < -0.4 is 5.30 Å². The summed E-state index contributed by atoms with van der Waals surface area (Å²) in [5.74, 6) is 0. The molecule has 0 aliphatic carbocycles. The van der Waals surface area contributed by atoms with Gasteiger partial charge in [-0.15, -0.1) is 9.24 Å². The second-order valence-electron chi connectivity index (χ2n) is 5.40. The van der Waals surface area contributed by atoms with Gasteiger partial charge in [0.2, 0.25) is 0 Å². The van der Waals surface area contributed by atoms with Gasteiger partial charge in [0.1, 0.15) is 0 Å². The van der Waals surface area contributed by atoms with Crippen LogP contribution in [-0.4, -0.2) is 0 Å². The second-order valence-corrected chi connectivity index (χ2v) is 6.02. The Morgan fingerprint density at radius 2 is 1.10 bits per heavy atom. The minimum Gasteiger partial charge on any atom is -0.105 e. The van der Waals surface area contributed by atoms with Crippen LogP contribution in [0.4, 0.5) is 0 Å². The predicted octanol–water partition coefficient (Wildman–Crippen LogP) is 5.14. The molecule has 0 fully saturated rings. The third kappa shape index (κ3) is 2.64. The molecule has 3 rings (SSSR count). The smallest absolute Gasteiger partial charge is 0.00309 e. The van der Waals surface area contributed by atoms with E-state index in [0.717, 1.165) is 0 Å². The Morgan fingerprint density at radius 3 is 1.71 bits per heavy atom. The third-order valence-corrected chi connectivity index (χ3v) is 4.43. The first-order valence-electron chi connectivity index (χ1n) is 7.19. The Balaban J connectivity index is 2.32. The van der Waals surface area contributed by atoms with Crippen molar-refractivity contribution in [2.75, 3.05) is 0 Å². The van der Waals surface area contributed by atoms with Gasteiger partial charge in [-0.1, -0.05) is 66.7 Å². The Bertz CT molecular complexity index is 787. The molecule has 0 radical (unpaired) electrons. The molecule has 0 nitrogen and oxygen atoms in total. The average molecular weight is 290 g/mol. The molecule has 0 heterocycles. The Kier molecular flexibility index (Phi) is 3.90. The van der Waals surface area contributed by atoms with Crippen molar-refractivity contribution in [3.63, 3.8) is 0 Å². The molecule has 0 aliphatic rings. The van der Waals surface area contributed by atoms with E-state index in [1.54, 1.807) is 0 Å². The Labute approximate surface area is 129 Å². The van der Waals surface area contributed by atoms with E-state index in [1.807, 2.05) is 0 Å². The van der Waals surface area contributed by atoms with E-state index >= 15 is 0 Å². The molecule has 1 heteroatoms. The van der Waals surface area contributed by atoms with Crippen molar-refractivity contribution in [1.29, 1.82) is 0 Å². The van der Waals surface area contributed by atoms with Crippen molar-refractivity contribution < 1.29 is 0 Å². The fourth-order valence-electron chi connectivity index (χ4n) is 2.82. The highest BCUT2D eigenvalue weighted by Crippen LogP contribution is 2.34. The lowest BCUT2D eigenvalue weighted by Gasteiger charge is -2.16. The molecule has 1 unspecified atom stereocenters. The number of hydrogen-bond acceptors (Lipinski definition) is 0. The van der Waals surface area contributed by atoms with Crippen molar-refractivity contribution in [3.8, 4) is 22.3 Å². The van der Waals surface area contributed by atoms with Crippen LogP contribution >= 0.6 is 9.24 Å². The summed E-state index contributed by atoms with van der Waals surface area (Å²) in [4.78, 5) is 0. The summed E-state index contributed by atoms with van der Waals surface area (Å²) in [6.07, 6.45) is 0. The van der Waals surface area contributed by atoms with Gasteiger partial charge in [-0.2, -0.15) is 0 Å². The maximum absolute atomic E-state index is 2.88. The normalized spacial score (nSPS) is 10.6. The number of benzene rings is 3. The minimum atomic E-state index is 1.24. The lowest BCUT2D eigenvalue weighted by Crippen LogP contribution is -2.01. The quantitative estimate of drug-likeness (QED) is 0.573. The van der Waals surface area contributed by atoms with Gasteiger partial charge in [-0.25, -0.2) is 0 Å². The van der Waals surface area contributed by atoms with Gasteiger partial charge >= 0.3 is 0 Å². The van der Waals surface area contributed by atoms with E-state index in [4.69, 9.17) is 0 Å². The first-order valence-corrected chi connectivity index (χ1v) is 7.76. The molecule has 3 aromatic rings. The van der Waals surface area contributed by atoms with Crippen molar-refractivity contribution in [3.05, 3.63) is 77.9 Å². The van der Waals surface area contributed by atoms with Gasteiger partial charge in [0.05, 0.1) is 0 Å². The SMILES string of the molecule is Cc1ccccc1-c1cccc(P)c1-c1ccccc1C. The van der Waals surface area contributed by atoms with E-state index in [0.29, 0.717) is 0 Å². The molecule has 0 saturated carbocycles. The molecule has 0 amide bonds. The molecule has 0 saturated heterocycles. The molecule has 0 N–H and O–H groups in total. The van der Waals surface area contributed by atoms with Crippen molar-refractivity contribution in [2.24, 2.45) is 0 Å². The average Bonchev–Trinajstić information content (AvgIpc) is 2.49. The van der Waals surface area contributed by atoms with Gasteiger partial charge in [-0.3, -0.25) is 0 Å². The zero-order valence-electron chi connectivity index (χ0n) is 12.4. The Morgan fingerprint density at radius 1 is 0.571 bits per heavy atom. The van der Waals surface area contributed by atoms with Gasteiger partial charge in [-0.05, 0) is 52.5 Å². The first kappa shape index (κ1) is 14.0. The van der Waals surface area contributed by atoms with Crippen LogP contribution in [0.2, 0.25) is 0 Å². The highest BCUT2D eigenvalue weighted by atomic mass is 31.0. The standard InChI is InChI=1S/C20H19P/c1-14-8-3-5-10-16(14)18-12-7-13-19(21)20(18)17-11-6-4-9-15(17)2/h3-13H,21H2,1-2H3. The van der Waals surface area contributed by atoms with E-state index < -0.39 is 0 Å². The molecular weight excluding hydrogens is 271 g/mol. The van der Waals surface area contributed by atoms with Crippen molar-refractivity contribution in [2.45, 2.75) is 13.8 Å². The molecule has 1 atom stereocenters. The predicted molar refractivity (Wildman–Crippen MR) is 96.1 cm³/mol. The second kappa shape index (κ2) is 5.84. The third-order valence-electron chi connectivity index (χ3n) is 3.95. The highest BCUT2D eigenvalue weighted by Gasteiger charge is 2.12. The maximum atomic E-state index is 2.88. The van der Waals surface area contributed by atoms with E-state index in [9.17, 15) is 0 Å². The summed E-state index contributed by atoms with van der Waals surface area (Å²) >= 11 is 0. The van der Waals surface area contributed by atoms with Gasteiger partial charge < -0.3 is 0 Å². The van der Waals surface area contributed by atoms with Crippen LogP contribution in [0, 0.1) is 13.8 Å². The first-order chi connectivity index (χ1) is 10.2. The van der Waals surface area contributed by atoms with Crippen LogP contribution in [0.3, 0.4) is 0 Å². The molecule has 0 spiro atoms. The molecule has 21 heavy (non-hydrogen) atoms. The number of hydrogen-bond donors (Lipinski definition) is 0. The number of rotatable bonds is 2. The summed E-state index contributed by atoms with van der Waals surface area (Å²) in [5, 5.41) is 1.24. The fourth-order valence-corrected chi connectivity index (χ4v) is 3.25. The summed E-state index contributed by atoms with van der Waals surface area (Å²) in [7, 11) is 2.88. The molecular formula is C20H19P. The summed E-state index contributed by atoms with van der Waals surface area (Å²) < 4.78 is 0. The summed E-state index contributed by atoms with van der Waals surface area (Å²) in [6.45, 7) is 4.35. The van der Waals surface area contributed by atoms with E-state index in [1.165, 1.54) is 38.7 Å². The van der Waals surface area contributed by atoms with E-state index in [-0.39, 0.29) is 0 Å². The maximum Gasteiger partial charge on any atom is -0.00309 e. The molecule has 0 aromatic heterocycles. The van der Waals surface area contributed by atoms with Crippen LogP contribution in [0.15, 0.2) is 66.7 Å². The molecule has 0 aliphatic heterocycles. The fraction of sp³-hybridized carbons (Fsp3) is 0.100. The monoisotopic (exact) mass is 290 g/mol. The molecule has 0 bridgehead atoms. The zero-order valence-corrected chi connectivity index (χ0v) is 13.6. The summed E-state index contributed by atoms with van der Waals surface area (Å²) in [6, 6.07) is 23.7. The van der Waals surface area contributed by atoms with Crippen LogP contribution in [0.5, 0.6) is 0 Å². The van der Waals surface area contributed by atoms with Gasteiger partial charge in [0, 0.05) is 0 Å². The lowest BCUT2D eigenvalue weighted by atomic mass is 9.90. The summed E-state index contributed by atoms with van der Waals surface area (Å²) in [5.41, 5.74) is 7.84. The van der Waals surface area contributed by atoms with Crippen LogP contribution in [0.1, 0.15) is 11.1 Å². The van der Waals surface area contributed by atoms with Crippen molar-refractivity contribution >= 4 is 14.5 Å². The van der Waals surface area contributed by atoms with Crippen LogP contribution in [-0.2, 0) is 0 Å². The zero-order chi connectivity index (χ0) is 14.8. The van der Waals surface area contributed by atoms with E-state index in [2.05, 4.69) is 89.8 Å². The lowest BCUT2D eigenvalue weighted by molar-refractivity contribution is 1.44. The minimum absolute atomic E-state index is 1.24. The van der Waals surface area contributed by atoms with Crippen LogP contribution in [0.25, 0.3) is 22.3 Å². The number of aryl methyl sites for hydroxylation is 2. The van der Waals surface area contributed by atoms with Gasteiger partial charge in [0.25, 0.3) is 0 Å². The molecule has 3 aromatic carbocycles. The molecule has 104 valence electrons. The highest BCUT2D eigenvalue weighted by molar-refractivity contribution is 7.28. The van der Waals surface area contributed by atoms with Gasteiger partial charge in [0.15, 0.2) is 0 Å².